The number of imide groups is 1. The molecule has 0 aliphatic carbocycles. The summed E-state index contributed by atoms with van der Waals surface area (Å²) in [5.41, 5.74) is 0.665. The number of amides is 2. The molecule has 0 atom stereocenters. The topological polar surface area (TPSA) is 72.5 Å². The molecule has 5 nitrogen and oxygen atoms in total. The Morgan fingerprint density at radius 1 is 0.955 bits per heavy atom. The molecule has 22 heavy (non-hydrogen) atoms. The minimum absolute atomic E-state index is 0.310. The van der Waals surface area contributed by atoms with Crippen LogP contribution in [0, 0.1) is 0 Å². The lowest BCUT2D eigenvalue weighted by Crippen LogP contribution is -2.34. The van der Waals surface area contributed by atoms with Crippen LogP contribution in [0.25, 0.3) is 0 Å². The van der Waals surface area contributed by atoms with Crippen LogP contribution in [0.15, 0.2) is 59.1 Å². The summed E-state index contributed by atoms with van der Waals surface area (Å²) in [4.78, 5) is 35.2. The van der Waals surface area contributed by atoms with E-state index in [-0.39, 0.29) is 0 Å². The van der Waals surface area contributed by atoms with Gasteiger partial charge in [-0.3, -0.25) is 14.9 Å². The average molecular weight is 362 g/mol. The number of halogens is 1. The maximum Gasteiger partial charge on any atom is 0.339 e. The highest BCUT2D eigenvalue weighted by Gasteiger charge is 2.15. The number of hydrogen-bond acceptors (Lipinski definition) is 4. The summed E-state index contributed by atoms with van der Waals surface area (Å²) >= 11 is 3.22. The van der Waals surface area contributed by atoms with E-state index >= 15 is 0 Å². The first kappa shape index (κ1) is 15.9. The van der Waals surface area contributed by atoms with Crippen LogP contribution in [0.4, 0.5) is 0 Å². The Labute approximate surface area is 135 Å². The third-order valence-corrected chi connectivity index (χ3v) is 3.41. The predicted octanol–water partition coefficient (Wildman–Crippen LogP) is 2.56. The zero-order chi connectivity index (χ0) is 15.9. The molecule has 0 saturated heterocycles. The van der Waals surface area contributed by atoms with Crippen molar-refractivity contribution in [2.45, 2.75) is 0 Å². The molecule has 2 amide bonds. The van der Waals surface area contributed by atoms with Gasteiger partial charge in [0.05, 0.1) is 5.56 Å². The van der Waals surface area contributed by atoms with Crippen LogP contribution >= 0.6 is 15.9 Å². The van der Waals surface area contributed by atoms with E-state index in [9.17, 15) is 14.4 Å². The van der Waals surface area contributed by atoms with E-state index in [1.54, 1.807) is 54.6 Å². The Balaban J connectivity index is 1.87. The van der Waals surface area contributed by atoms with Crippen molar-refractivity contribution in [1.82, 2.24) is 5.32 Å². The lowest BCUT2D eigenvalue weighted by Gasteiger charge is -2.07. The summed E-state index contributed by atoms with van der Waals surface area (Å²) in [5.74, 6) is -1.87. The molecule has 0 unspecified atom stereocenters. The van der Waals surface area contributed by atoms with Gasteiger partial charge < -0.3 is 4.74 Å². The second kappa shape index (κ2) is 7.51. The molecule has 6 heteroatoms. The number of ether oxygens (including phenoxy) is 1. The van der Waals surface area contributed by atoms with Crippen LogP contribution in [0.5, 0.6) is 0 Å². The minimum atomic E-state index is -0.686. The van der Waals surface area contributed by atoms with Gasteiger partial charge in [-0.25, -0.2) is 4.79 Å². The first-order chi connectivity index (χ1) is 10.6. The molecule has 0 bridgehead atoms. The molecule has 0 heterocycles. The Kier molecular flexibility index (Phi) is 5.43. The van der Waals surface area contributed by atoms with Crippen molar-refractivity contribution < 1.29 is 19.1 Å². The van der Waals surface area contributed by atoms with Crippen LogP contribution < -0.4 is 5.32 Å². The highest BCUT2D eigenvalue weighted by molar-refractivity contribution is 9.10. The highest BCUT2D eigenvalue weighted by atomic mass is 79.9. The van der Waals surface area contributed by atoms with Crippen molar-refractivity contribution in [1.29, 1.82) is 0 Å². The molecule has 0 aliphatic rings. The standard InChI is InChI=1S/C16H12BrNO4/c17-13-9-5-4-8-12(13)16(21)22-10-14(19)18-15(20)11-6-2-1-3-7-11/h1-9H,10H2,(H,18,19,20). The van der Waals surface area contributed by atoms with Gasteiger partial charge in [-0.1, -0.05) is 30.3 Å². The van der Waals surface area contributed by atoms with Gasteiger partial charge in [-0.15, -0.1) is 0 Å². The van der Waals surface area contributed by atoms with Crippen LogP contribution in [-0.2, 0) is 9.53 Å². The number of carbonyl (C=O) groups is 3. The van der Waals surface area contributed by atoms with Gasteiger partial charge in [0.2, 0.25) is 0 Å². The molecule has 2 aromatic carbocycles. The Morgan fingerprint density at radius 2 is 1.59 bits per heavy atom. The fraction of sp³-hybridized carbons (Fsp3) is 0.0625. The van der Waals surface area contributed by atoms with Crippen LogP contribution in [-0.4, -0.2) is 24.4 Å². The molecule has 0 spiro atoms. The number of rotatable bonds is 4. The van der Waals surface area contributed by atoms with Crippen LogP contribution in [0.2, 0.25) is 0 Å². The van der Waals surface area contributed by atoms with Crippen molar-refractivity contribution in [2.75, 3.05) is 6.61 Å². The van der Waals surface area contributed by atoms with E-state index in [4.69, 9.17) is 4.74 Å². The number of carbonyl (C=O) groups excluding carboxylic acids is 3. The lowest BCUT2D eigenvalue weighted by molar-refractivity contribution is -0.123. The molecule has 0 radical (unpaired) electrons. The minimum Gasteiger partial charge on any atom is -0.452 e. The Morgan fingerprint density at radius 3 is 2.27 bits per heavy atom. The summed E-state index contributed by atoms with van der Waals surface area (Å²) in [6, 6.07) is 15.0. The third kappa shape index (κ3) is 4.26. The third-order valence-electron chi connectivity index (χ3n) is 2.72. The van der Waals surface area contributed by atoms with Crippen LogP contribution in [0.3, 0.4) is 0 Å². The van der Waals surface area contributed by atoms with Crippen molar-refractivity contribution in [3.05, 3.63) is 70.2 Å². The van der Waals surface area contributed by atoms with Gasteiger partial charge in [0.1, 0.15) is 0 Å². The number of hydrogen-bond donors (Lipinski definition) is 1. The van der Waals surface area contributed by atoms with Crippen LogP contribution in [0.1, 0.15) is 20.7 Å². The summed E-state index contributed by atoms with van der Waals surface area (Å²) in [7, 11) is 0. The summed E-state index contributed by atoms with van der Waals surface area (Å²) < 4.78 is 5.44. The average Bonchev–Trinajstić information content (AvgIpc) is 2.54. The number of benzene rings is 2. The van der Waals surface area contributed by atoms with Crippen molar-refractivity contribution in [2.24, 2.45) is 0 Å². The second-order valence-corrected chi connectivity index (χ2v) is 5.15. The molecule has 1 N–H and O–H groups in total. The van der Waals surface area contributed by atoms with Crippen molar-refractivity contribution in [3.63, 3.8) is 0 Å². The van der Waals surface area contributed by atoms with E-state index in [2.05, 4.69) is 21.2 Å². The first-order valence-corrected chi connectivity index (χ1v) is 7.18. The maximum absolute atomic E-state index is 11.8. The maximum atomic E-state index is 11.8. The van der Waals surface area contributed by atoms with Gasteiger partial charge in [-0.05, 0) is 40.2 Å². The van der Waals surface area contributed by atoms with E-state index in [0.717, 1.165) is 0 Å². The number of esters is 1. The largest absolute Gasteiger partial charge is 0.452 e. The summed E-state index contributed by atoms with van der Waals surface area (Å²) in [5, 5.41) is 2.15. The van der Waals surface area contributed by atoms with Crippen molar-refractivity contribution >= 4 is 33.7 Å². The van der Waals surface area contributed by atoms with Gasteiger partial charge in [0.15, 0.2) is 6.61 Å². The number of nitrogens with one attached hydrogen (secondary N) is 1. The molecular formula is C16H12BrNO4. The smallest absolute Gasteiger partial charge is 0.339 e. The van der Waals surface area contributed by atoms with Crippen molar-refractivity contribution in [3.8, 4) is 0 Å². The van der Waals surface area contributed by atoms with Gasteiger partial charge in [0.25, 0.3) is 11.8 Å². The molecule has 112 valence electrons. The quantitative estimate of drug-likeness (QED) is 0.849. The molecule has 0 saturated carbocycles. The van der Waals surface area contributed by atoms with E-state index in [0.29, 0.717) is 15.6 Å². The Bertz CT molecular complexity index is 700. The molecule has 2 aromatic rings. The first-order valence-electron chi connectivity index (χ1n) is 6.39. The van der Waals surface area contributed by atoms with Gasteiger partial charge in [-0.2, -0.15) is 0 Å². The fourth-order valence-corrected chi connectivity index (χ4v) is 2.11. The second-order valence-electron chi connectivity index (χ2n) is 4.30. The normalized spacial score (nSPS) is 9.86. The zero-order valence-electron chi connectivity index (χ0n) is 11.4. The molecular weight excluding hydrogens is 350 g/mol. The monoisotopic (exact) mass is 361 g/mol. The molecule has 0 aromatic heterocycles. The van der Waals surface area contributed by atoms with E-state index in [1.807, 2.05) is 0 Å². The molecule has 0 fully saturated rings. The zero-order valence-corrected chi connectivity index (χ0v) is 13.0. The summed E-state index contributed by atoms with van der Waals surface area (Å²) in [6.07, 6.45) is 0. The van der Waals surface area contributed by atoms with Gasteiger partial charge >= 0.3 is 5.97 Å². The highest BCUT2D eigenvalue weighted by Crippen LogP contribution is 2.16. The Hall–Kier alpha value is -2.47. The van der Waals surface area contributed by atoms with E-state index < -0.39 is 24.4 Å². The fourth-order valence-electron chi connectivity index (χ4n) is 1.66. The molecule has 2 rings (SSSR count). The molecule has 0 aliphatic heterocycles. The SMILES string of the molecule is O=C(COC(=O)c1ccccc1Br)NC(=O)c1ccccc1. The predicted molar refractivity (Wildman–Crippen MR) is 83.3 cm³/mol. The van der Waals surface area contributed by atoms with Gasteiger partial charge in [0, 0.05) is 10.0 Å². The van der Waals surface area contributed by atoms with E-state index in [1.165, 1.54) is 0 Å². The summed E-state index contributed by atoms with van der Waals surface area (Å²) in [6.45, 7) is -0.529. The lowest BCUT2D eigenvalue weighted by atomic mass is 10.2.